The molecule has 0 saturated heterocycles. The van der Waals surface area contributed by atoms with Crippen LogP contribution in [0.15, 0.2) is 224 Å². The van der Waals surface area contributed by atoms with Gasteiger partial charge in [-0.25, -0.2) is 0 Å². The van der Waals surface area contributed by atoms with Crippen LogP contribution in [0.4, 0.5) is 28.4 Å². The largest absolute Gasteiger partial charge is 0.376 e. The molecule has 16 rings (SSSR count). The predicted molar refractivity (Wildman–Crippen MR) is 278 cm³/mol. The molecule has 0 saturated carbocycles. The van der Waals surface area contributed by atoms with Gasteiger partial charge in [0.15, 0.2) is 16.1 Å². The number of anilines is 5. The van der Waals surface area contributed by atoms with Crippen LogP contribution in [0, 0.1) is 0 Å². The molecule has 6 aliphatic rings. The summed E-state index contributed by atoms with van der Waals surface area (Å²) in [5, 5.41) is 11.9. The fourth-order valence-electron chi connectivity index (χ4n) is 13.9. The Morgan fingerprint density at radius 2 is 0.738 bits per heavy atom. The van der Waals surface area contributed by atoms with Crippen molar-refractivity contribution in [1.82, 2.24) is 0 Å². The van der Waals surface area contributed by atoms with Crippen LogP contribution in [0.2, 0.25) is 0 Å². The molecule has 2 nitrogen and oxygen atoms in total. The number of hydrogen-bond donors (Lipinski definition) is 0. The molecule has 6 heterocycles. The molecule has 0 amide bonds. The smallest absolute Gasteiger partial charge is 0.333 e. The molecule has 0 atom stereocenters. The molecule has 65 heavy (non-hydrogen) atoms. The Bertz CT molecular complexity index is 3690. The van der Waals surface area contributed by atoms with Crippen LogP contribution in [0.3, 0.4) is 0 Å². The molecule has 0 radical (unpaired) electrons. The Balaban J connectivity index is 1.08. The minimum Gasteiger partial charge on any atom is -0.376 e. The molecule has 5 heteroatoms. The zero-order valence-corrected chi connectivity index (χ0v) is 37.3. The monoisotopic (exact) mass is 852 g/mol. The van der Waals surface area contributed by atoms with Gasteiger partial charge in [-0.15, -0.1) is 0 Å². The van der Waals surface area contributed by atoms with Gasteiger partial charge in [-0.3, -0.25) is 0 Å². The van der Waals surface area contributed by atoms with Gasteiger partial charge in [0.25, 0.3) is 0 Å². The van der Waals surface area contributed by atoms with Crippen molar-refractivity contribution < 1.29 is 0 Å². The molecular weight excluding hydrogens is 816 g/mol. The predicted octanol–water partition coefficient (Wildman–Crippen LogP) is 7.40. The lowest BCUT2D eigenvalue weighted by Crippen LogP contribution is -2.79. The molecule has 0 bridgehead atoms. The third kappa shape index (κ3) is 3.90. The van der Waals surface area contributed by atoms with E-state index in [2.05, 4.69) is 234 Å². The normalized spacial score (nSPS) is 15.5. The molecule has 2 spiro atoms. The van der Waals surface area contributed by atoms with E-state index >= 15 is 0 Å². The fourth-order valence-corrected chi connectivity index (χ4v) is 25.0. The first-order valence-electron chi connectivity index (χ1n) is 23.0. The van der Waals surface area contributed by atoms with Crippen LogP contribution in [0.25, 0.3) is 44.5 Å². The molecular formula is C60H37BN2Si2. The first kappa shape index (κ1) is 34.7. The number of para-hydroxylation sites is 4. The van der Waals surface area contributed by atoms with E-state index < -0.39 is 16.1 Å². The number of benzene rings is 10. The number of fused-ring (bicyclic) bond motifs is 22. The van der Waals surface area contributed by atoms with Crippen LogP contribution in [0.1, 0.15) is 0 Å². The van der Waals surface area contributed by atoms with Gasteiger partial charge < -0.3 is 9.71 Å². The van der Waals surface area contributed by atoms with Crippen molar-refractivity contribution >= 4 is 104 Å². The lowest BCUT2D eigenvalue weighted by molar-refractivity contribution is 1.28. The van der Waals surface area contributed by atoms with Crippen molar-refractivity contribution in [3.63, 3.8) is 0 Å². The lowest BCUT2D eigenvalue weighted by Gasteiger charge is -2.54. The molecule has 0 unspecified atom stereocenters. The number of hydrogen-bond acceptors (Lipinski definition) is 2. The van der Waals surface area contributed by atoms with E-state index in [1.165, 1.54) is 125 Å². The Morgan fingerprint density at radius 1 is 0.292 bits per heavy atom. The minimum absolute atomic E-state index is 0.0627. The Labute approximate surface area is 380 Å². The standard InChI is InChI=1S/C60H37BN2Si2/c1-2-18-38(19-3-1)39-36-45-44-24-16-34-56-59(44)63(48-27-9-15-33-55(48)65(56)52-30-12-6-22-42(52)43-23-7-13-31-53(43)65)61-46-25-17-35-57-60(46)62(49(37-39)58(45)61)47-26-8-14-32-54(47)64(57)50-28-10-4-20-40(50)41-21-5-11-29-51(41)64/h1-37H. The average Bonchev–Trinajstić information content (AvgIpc) is 3.84. The highest BCUT2D eigenvalue weighted by Crippen LogP contribution is 2.51. The van der Waals surface area contributed by atoms with Crippen molar-refractivity contribution in [2.75, 3.05) is 9.71 Å². The van der Waals surface area contributed by atoms with Crippen LogP contribution in [-0.4, -0.2) is 23.0 Å². The maximum Gasteiger partial charge on any atom is 0.333 e. The summed E-state index contributed by atoms with van der Waals surface area (Å²) < 4.78 is 0. The van der Waals surface area contributed by atoms with Crippen LogP contribution in [-0.2, 0) is 0 Å². The summed E-state index contributed by atoms with van der Waals surface area (Å²) in [4.78, 5) is 5.52. The van der Waals surface area contributed by atoms with Crippen molar-refractivity contribution in [2.24, 2.45) is 0 Å². The van der Waals surface area contributed by atoms with E-state index in [9.17, 15) is 0 Å². The first-order chi connectivity index (χ1) is 32.3. The Morgan fingerprint density at radius 3 is 1.34 bits per heavy atom. The van der Waals surface area contributed by atoms with Gasteiger partial charge in [0.1, 0.15) is 0 Å². The van der Waals surface area contributed by atoms with Crippen LogP contribution < -0.4 is 62.1 Å². The molecule has 0 N–H and O–H groups in total. The minimum atomic E-state index is -2.83. The van der Waals surface area contributed by atoms with E-state index in [4.69, 9.17) is 0 Å². The zero-order valence-electron chi connectivity index (χ0n) is 35.3. The number of rotatable bonds is 1. The zero-order chi connectivity index (χ0) is 42.2. The first-order valence-corrected chi connectivity index (χ1v) is 27.0. The molecule has 6 aliphatic heterocycles. The highest BCUT2D eigenvalue weighted by atomic mass is 28.3. The third-order valence-corrected chi connectivity index (χ3v) is 25.9. The summed E-state index contributed by atoms with van der Waals surface area (Å²) >= 11 is 0. The van der Waals surface area contributed by atoms with Crippen molar-refractivity contribution in [3.8, 4) is 44.5 Å². The van der Waals surface area contributed by atoms with Crippen molar-refractivity contribution in [1.29, 1.82) is 0 Å². The molecule has 298 valence electrons. The SMILES string of the molecule is c1ccc(-c2cc3c4c(c2)N2c5ccccc5[Si]5(c6ccccc6-c6ccccc65)c5cccc(c52)B4N2c4ccccc4[Si]4(c5ccccc5-c5ccccc54)c4cccc-3c42)cc1. The van der Waals surface area contributed by atoms with Gasteiger partial charge in [-0.05, 0) is 116 Å². The van der Waals surface area contributed by atoms with Gasteiger partial charge in [-0.2, -0.15) is 0 Å². The van der Waals surface area contributed by atoms with Gasteiger partial charge in [-0.1, -0.05) is 200 Å². The molecule has 0 fully saturated rings. The summed E-state index contributed by atoms with van der Waals surface area (Å²) in [7, 11) is -5.63. The van der Waals surface area contributed by atoms with Gasteiger partial charge in [0, 0.05) is 34.0 Å². The second-order valence-electron chi connectivity index (χ2n) is 18.6. The summed E-state index contributed by atoms with van der Waals surface area (Å²) in [5.41, 5.74) is 20.1. The van der Waals surface area contributed by atoms with Gasteiger partial charge in [0.05, 0.1) is 0 Å². The van der Waals surface area contributed by atoms with E-state index in [0.29, 0.717) is 0 Å². The lowest BCUT2D eigenvalue weighted by atomic mass is 9.43. The summed E-state index contributed by atoms with van der Waals surface area (Å²) in [5.74, 6) is 0. The number of nitrogens with zero attached hydrogens (tertiary/aromatic N) is 2. The molecule has 10 aromatic rings. The summed E-state index contributed by atoms with van der Waals surface area (Å²) in [6.07, 6.45) is 0. The second kappa shape index (κ2) is 12.1. The van der Waals surface area contributed by atoms with E-state index in [-0.39, 0.29) is 6.85 Å². The fraction of sp³-hybridized carbons (Fsp3) is 0. The van der Waals surface area contributed by atoms with Gasteiger partial charge in [0.2, 0.25) is 0 Å². The van der Waals surface area contributed by atoms with E-state index in [0.717, 1.165) is 0 Å². The molecule has 0 aliphatic carbocycles. The average molecular weight is 853 g/mol. The van der Waals surface area contributed by atoms with E-state index in [1.54, 1.807) is 0 Å². The van der Waals surface area contributed by atoms with Crippen molar-refractivity contribution in [3.05, 3.63) is 224 Å². The Kier molecular flexibility index (Phi) is 6.47. The summed E-state index contributed by atoms with van der Waals surface area (Å²) in [6.45, 7) is -0.0627. The Hall–Kier alpha value is -7.70. The third-order valence-electron chi connectivity index (χ3n) is 16.0. The van der Waals surface area contributed by atoms with Gasteiger partial charge >= 0.3 is 6.85 Å². The maximum atomic E-state index is 2.81. The van der Waals surface area contributed by atoms with Crippen molar-refractivity contribution in [2.45, 2.75) is 0 Å². The molecule has 10 aromatic carbocycles. The summed E-state index contributed by atoms with van der Waals surface area (Å²) in [6, 6.07) is 87.2. The van der Waals surface area contributed by atoms with Crippen LogP contribution >= 0.6 is 0 Å². The van der Waals surface area contributed by atoms with Crippen LogP contribution in [0.5, 0.6) is 0 Å². The highest BCUT2D eigenvalue weighted by Gasteiger charge is 2.60. The highest BCUT2D eigenvalue weighted by molar-refractivity contribution is 7.25. The second-order valence-corrected chi connectivity index (χ2v) is 25.9. The maximum absolute atomic E-state index is 2.83. The molecule has 0 aromatic heterocycles. The topological polar surface area (TPSA) is 6.48 Å². The van der Waals surface area contributed by atoms with E-state index in [1.807, 2.05) is 0 Å². The quantitative estimate of drug-likeness (QED) is 0.159.